The molecular formula is C37H37F3N6O6. The molecule has 1 saturated heterocycles. The van der Waals surface area contributed by atoms with Crippen LogP contribution >= 0.6 is 0 Å². The van der Waals surface area contributed by atoms with Gasteiger partial charge < -0.3 is 29.6 Å². The fourth-order valence-electron chi connectivity index (χ4n) is 6.10. The summed E-state index contributed by atoms with van der Waals surface area (Å²) in [5, 5.41) is 6.07. The van der Waals surface area contributed by atoms with E-state index in [1.807, 2.05) is 7.05 Å². The summed E-state index contributed by atoms with van der Waals surface area (Å²) in [7, 11) is 3.25. The molecule has 2 N–H and O–H groups in total. The first-order chi connectivity index (χ1) is 24.9. The summed E-state index contributed by atoms with van der Waals surface area (Å²) < 4.78 is 52.0. The van der Waals surface area contributed by atoms with Crippen LogP contribution < -0.4 is 15.4 Å². The Bertz CT molecular complexity index is 1980. The number of likely N-dealkylation sites (N-methyl/N-ethyl adjacent to an activating group) is 1. The third kappa shape index (κ3) is 8.09. The number of benzene rings is 3. The van der Waals surface area contributed by atoms with Gasteiger partial charge in [-0.25, -0.2) is 4.98 Å². The molecule has 3 aromatic carbocycles. The van der Waals surface area contributed by atoms with Gasteiger partial charge in [0.2, 0.25) is 5.91 Å². The second kappa shape index (κ2) is 15.3. The van der Waals surface area contributed by atoms with E-state index in [-0.39, 0.29) is 63.0 Å². The number of alkyl halides is 3. The lowest BCUT2D eigenvalue weighted by molar-refractivity contribution is -0.150. The minimum absolute atomic E-state index is 0.201. The Balaban J connectivity index is 0.962. The van der Waals surface area contributed by atoms with Crippen molar-refractivity contribution in [3.8, 4) is 17.0 Å². The van der Waals surface area contributed by atoms with E-state index in [0.717, 1.165) is 22.6 Å². The minimum atomic E-state index is -4.41. The minimum Gasteiger partial charge on any atom is -0.491 e. The van der Waals surface area contributed by atoms with Gasteiger partial charge in [-0.05, 0) is 60.0 Å². The van der Waals surface area contributed by atoms with Gasteiger partial charge in [0, 0.05) is 68.7 Å². The fraction of sp³-hybridized carbons (Fsp3) is 0.324. The zero-order valence-corrected chi connectivity index (χ0v) is 28.5. The predicted molar refractivity (Wildman–Crippen MR) is 183 cm³/mol. The van der Waals surface area contributed by atoms with Crippen LogP contribution in [0.25, 0.3) is 11.3 Å². The van der Waals surface area contributed by atoms with Gasteiger partial charge in [-0.15, -0.1) is 0 Å². The Kier molecular flexibility index (Phi) is 10.6. The Morgan fingerprint density at radius 1 is 0.962 bits per heavy atom. The Hall–Kier alpha value is -5.70. The fourth-order valence-corrected chi connectivity index (χ4v) is 6.10. The third-order valence-electron chi connectivity index (χ3n) is 8.97. The number of hydrogen-bond acceptors (Lipinski definition) is 8. The van der Waals surface area contributed by atoms with Crippen molar-refractivity contribution in [2.24, 2.45) is 7.05 Å². The molecule has 52 heavy (non-hydrogen) atoms. The standard InChI is InChI=1S/C37H37F3N6O6/c1-44-21-31(43-22-44)29-17-24(6-10-30(29)42-19-23-3-7-26(8-4-23)37(38,39)40)34(48)41-13-14-51-15-16-52-27-9-5-25-20-46(35(49)28(25)18-27)32-11-12-33(47)45(2)36(32)50/h3-10,17-18,21-22,32,42H,11-16,19-20H2,1-2H3,(H,41,48). The van der Waals surface area contributed by atoms with Crippen LogP contribution in [0.2, 0.25) is 0 Å². The van der Waals surface area contributed by atoms with Crippen LogP contribution in [0, 0.1) is 0 Å². The summed E-state index contributed by atoms with van der Waals surface area (Å²) in [4.78, 5) is 57.6. The monoisotopic (exact) mass is 718 g/mol. The number of fused-ring (bicyclic) bond motifs is 1. The van der Waals surface area contributed by atoms with Crippen LogP contribution in [0.5, 0.6) is 5.75 Å². The van der Waals surface area contributed by atoms with Gasteiger partial charge in [-0.3, -0.25) is 24.1 Å². The van der Waals surface area contributed by atoms with E-state index in [4.69, 9.17) is 9.47 Å². The molecular weight excluding hydrogens is 681 g/mol. The number of hydrogen-bond donors (Lipinski definition) is 2. The van der Waals surface area contributed by atoms with E-state index < -0.39 is 17.8 Å². The molecule has 4 aromatic rings. The molecule has 15 heteroatoms. The Morgan fingerprint density at radius 2 is 1.75 bits per heavy atom. The van der Waals surface area contributed by atoms with E-state index >= 15 is 0 Å². The number of halogens is 3. The van der Waals surface area contributed by atoms with Crippen LogP contribution in [-0.4, -0.2) is 82.4 Å². The Morgan fingerprint density at radius 3 is 2.48 bits per heavy atom. The molecule has 1 atom stereocenters. The van der Waals surface area contributed by atoms with Gasteiger partial charge in [0.25, 0.3) is 17.7 Å². The van der Waals surface area contributed by atoms with Crippen LogP contribution in [0.3, 0.4) is 0 Å². The highest BCUT2D eigenvalue weighted by atomic mass is 19.4. The lowest BCUT2D eigenvalue weighted by atomic mass is 10.0. The summed E-state index contributed by atoms with van der Waals surface area (Å²) in [6, 6.07) is 14.5. The number of anilines is 1. The predicted octanol–water partition coefficient (Wildman–Crippen LogP) is 4.65. The number of ether oxygens (including phenoxy) is 2. The average molecular weight is 719 g/mol. The molecule has 4 amide bonds. The SMILES string of the molecule is CN1C(=O)CCC(N2Cc3ccc(OCCOCCNC(=O)c4ccc(NCc5ccc(C(F)(F)F)cc5)c(-c5cn(C)cn5)c4)cc3C2=O)C1=O. The van der Waals surface area contributed by atoms with Gasteiger partial charge in [0.05, 0.1) is 30.8 Å². The van der Waals surface area contributed by atoms with Crippen molar-refractivity contribution >= 4 is 29.3 Å². The van der Waals surface area contributed by atoms with Crippen molar-refractivity contribution in [2.75, 3.05) is 38.7 Å². The normalized spacial score (nSPS) is 15.9. The topological polar surface area (TPSA) is 135 Å². The molecule has 1 unspecified atom stereocenters. The van der Waals surface area contributed by atoms with E-state index in [1.54, 1.807) is 53.5 Å². The zero-order chi connectivity index (χ0) is 37.0. The number of imidazole rings is 1. The lowest BCUT2D eigenvalue weighted by Crippen LogP contribution is -2.53. The maximum Gasteiger partial charge on any atom is 0.416 e. The van der Waals surface area contributed by atoms with E-state index in [9.17, 15) is 32.3 Å². The summed E-state index contributed by atoms with van der Waals surface area (Å²) in [6.45, 7) is 1.44. The lowest BCUT2D eigenvalue weighted by Gasteiger charge is -2.33. The average Bonchev–Trinajstić information content (AvgIpc) is 3.71. The highest BCUT2D eigenvalue weighted by Crippen LogP contribution is 2.32. The first kappa shape index (κ1) is 36.1. The Labute approximate surface area is 297 Å². The van der Waals surface area contributed by atoms with Gasteiger partial charge in [-0.1, -0.05) is 18.2 Å². The van der Waals surface area contributed by atoms with Crippen molar-refractivity contribution in [2.45, 2.75) is 38.1 Å². The summed E-state index contributed by atoms with van der Waals surface area (Å²) in [5.74, 6) is -0.741. The number of aromatic nitrogens is 2. The number of aryl methyl sites for hydroxylation is 1. The maximum absolute atomic E-state index is 13.1. The number of carbonyl (C=O) groups is 4. The maximum atomic E-state index is 13.1. The number of amides is 4. The number of carbonyl (C=O) groups excluding carboxylic acids is 4. The number of rotatable bonds is 13. The van der Waals surface area contributed by atoms with Crippen LogP contribution in [0.15, 0.2) is 73.2 Å². The van der Waals surface area contributed by atoms with E-state index in [1.165, 1.54) is 24.1 Å². The molecule has 0 aliphatic carbocycles. The second-order valence-corrected chi connectivity index (χ2v) is 12.5. The molecule has 0 radical (unpaired) electrons. The molecule has 6 rings (SSSR count). The molecule has 2 aliphatic rings. The molecule has 0 saturated carbocycles. The zero-order valence-electron chi connectivity index (χ0n) is 28.5. The number of nitrogens with one attached hydrogen (secondary N) is 2. The summed E-state index contributed by atoms with van der Waals surface area (Å²) in [6.07, 6.45) is -0.465. The van der Waals surface area contributed by atoms with Gasteiger partial charge >= 0.3 is 6.18 Å². The van der Waals surface area contributed by atoms with Crippen molar-refractivity contribution in [1.29, 1.82) is 0 Å². The van der Waals surface area contributed by atoms with Crippen LogP contribution in [-0.2, 0) is 40.6 Å². The van der Waals surface area contributed by atoms with Gasteiger partial charge in [0.15, 0.2) is 0 Å². The number of piperidine rings is 1. The van der Waals surface area contributed by atoms with E-state index in [2.05, 4.69) is 15.6 Å². The number of imide groups is 1. The number of nitrogens with zero attached hydrogens (tertiary/aromatic N) is 4. The van der Waals surface area contributed by atoms with E-state index in [0.29, 0.717) is 52.4 Å². The molecule has 272 valence electrons. The molecule has 3 heterocycles. The van der Waals surface area contributed by atoms with Crippen molar-refractivity contribution < 1.29 is 41.8 Å². The summed E-state index contributed by atoms with van der Waals surface area (Å²) in [5.41, 5.74) is 3.51. The molecule has 0 spiro atoms. The quantitative estimate of drug-likeness (QED) is 0.151. The number of likely N-dealkylation sites (tertiary alicyclic amines) is 1. The molecule has 1 fully saturated rings. The first-order valence-corrected chi connectivity index (χ1v) is 16.6. The molecule has 2 aliphatic heterocycles. The van der Waals surface area contributed by atoms with Crippen molar-refractivity contribution in [3.05, 3.63) is 101 Å². The summed E-state index contributed by atoms with van der Waals surface area (Å²) >= 11 is 0. The van der Waals surface area contributed by atoms with Gasteiger partial charge in [-0.2, -0.15) is 13.2 Å². The van der Waals surface area contributed by atoms with Crippen molar-refractivity contribution in [3.63, 3.8) is 0 Å². The van der Waals surface area contributed by atoms with Crippen LogP contribution in [0.4, 0.5) is 18.9 Å². The second-order valence-electron chi connectivity index (χ2n) is 12.5. The highest BCUT2D eigenvalue weighted by molar-refractivity contribution is 6.05. The van der Waals surface area contributed by atoms with Gasteiger partial charge in [0.1, 0.15) is 18.4 Å². The highest BCUT2D eigenvalue weighted by Gasteiger charge is 2.41. The molecule has 1 aromatic heterocycles. The smallest absolute Gasteiger partial charge is 0.416 e. The molecule has 12 nitrogen and oxygen atoms in total. The third-order valence-corrected chi connectivity index (χ3v) is 8.97. The van der Waals surface area contributed by atoms with Crippen LogP contribution in [0.1, 0.15) is 50.2 Å². The largest absolute Gasteiger partial charge is 0.491 e. The first-order valence-electron chi connectivity index (χ1n) is 16.6. The molecule has 0 bridgehead atoms. The van der Waals surface area contributed by atoms with Crippen molar-refractivity contribution in [1.82, 2.24) is 24.7 Å².